The zero-order chi connectivity index (χ0) is 18.6. The molecule has 0 radical (unpaired) electrons. The minimum atomic E-state index is -0.485. The first kappa shape index (κ1) is 22.0. The molecule has 1 atom stereocenters. The Labute approximate surface area is 160 Å². The minimum absolute atomic E-state index is 0. The van der Waals surface area contributed by atoms with E-state index in [-0.39, 0.29) is 29.6 Å². The molecule has 1 aromatic rings. The summed E-state index contributed by atoms with van der Waals surface area (Å²) in [5.74, 6) is -0.0289. The number of benzene rings is 1. The largest absolute Gasteiger partial charge is 0.496 e. The summed E-state index contributed by atoms with van der Waals surface area (Å²) in [6.07, 6.45) is 2.17. The maximum atomic E-state index is 12.6. The number of carbonyl (C=O) groups is 1. The Morgan fingerprint density at radius 1 is 1.46 bits per heavy atom. The van der Waals surface area contributed by atoms with E-state index in [0.29, 0.717) is 24.0 Å². The van der Waals surface area contributed by atoms with Crippen LogP contribution in [0.15, 0.2) is 12.1 Å². The van der Waals surface area contributed by atoms with Crippen molar-refractivity contribution < 1.29 is 14.5 Å². The van der Waals surface area contributed by atoms with Crippen LogP contribution < -0.4 is 15.0 Å². The highest BCUT2D eigenvalue weighted by Gasteiger charge is 2.26. The molecule has 1 fully saturated rings. The number of carbonyl (C=O) groups excluding carboxylic acids is 1. The molecule has 0 aliphatic carbocycles. The number of halogens is 1. The summed E-state index contributed by atoms with van der Waals surface area (Å²) in [5.41, 5.74) is 0.458. The lowest BCUT2D eigenvalue weighted by Crippen LogP contribution is -2.40. The second kappa shape index (κ2) is 9.59. The van der Waals surface area contributed by atoms with Crippen LogP contribution >= 0.6 is 12.4 Å². The zero-order valence-corrected chi connectivity index (χ0v) is 16.5. The van der Waals surface area contributed by atoms with Crippen molar-refractivity contribution in [3.8, 4) is 5.75 Å². The van der Waals surface area contributed by atoms with Crippen LogP contribution in [0.2, 0.25) is 0 Å². The van der Waals surface area contributed by atoms with Crippen LogP contribution in [0.25, 0.3) is 0 Å². The highest BCUT2D eigenvalue weighted by Crippen LogP contribution is 2.34. The van der Waals surface area contributed by atoms with Crippen molar-refractivity contribution in [2.75, 3.05) is 45.7 Å². The van der Waals surface area contributed by atoms with E-state index in [0.717, 1.165) is 25.9 Å². The second-order valence-electron chi connectivity index (χ2n) is 6.33. The summed E-state index contributed by atoms with van der Waals surface area (Å²) in [7, 11) is 4.87. The minimum Gasteiger partial charge on any atom is -0.496 e. The summed E-state index contributed by atoms with van der Waals surface area (Å²) >= 11 is 0. The third-order valence-corrected chi connectivity index (χ3v) is 4.62. The van der Waals surface area contributed by atoms with Gasteiger partial charge in [0, 0.05) is 38.8 Å². The van der Waals surface area contributed by atoms with Gasteiger partial charge in [-0.3, -0.25) is 19.8 Å². The van der Waals surface area contributed by atoms with Crippen molar-refractivity contribution in [1.82, 2.24) is 10.2 Å². The molecule has 9 heteroatoms. The molecule has 0 spiro atoms. The fourth-order valence-electron chi connectivity index (χ4n) is 3.26. The standard InChI is InChI=1S/C17H26N4O4.ClH/c1-5-20-8-6-7-12(20)11-18-17(22)13-9-15(21(23)24)14(19(2)3)10-16(13)25-4;/h9-10,12H,5-8,11H2,1-4H3,(H,18,22);1H. The van der Waals surface area contributed by atoms with Gasteiger partial charge in [-0.05, 0) is 25.9 Å². The number of nitrogens with zero attached hydrogens (tertiary/aromatic N) is 3. The van der Waals surface area contributed by atoms with Gasteiger partial charge >= 0.3 is 0 Å². The van der Waals surface area contributed by atoms with Crippen LogP contribution in [0.4, 0.5) is 11.4 Å². The fourth-order valence-corrected chi connectivity index (χ4v) is 3.26. The average molecular weight is 387 g/mol. The molecule has 8 nitrogen and oxygen atoms in total. The number of anilines is 1. The van der Waals surface area contributed by atoms with Gasteiger partial charge in [0.2, 0.25) is 0 Å². The molecule has 2 rings (SSSR count). The van der Waals surface area contributed by atoms with Crippen molar-refractivity contribution in [3.05, 3.63) is 27.8 Å². The average Bonchev–Trinajstić information content (AvgIpc) is 3.05. The van der Waals surface area contributed by atoms with Crippen molar-refractivity contribution >= 4 is 29.7 Å². The SMILES string of the molecule is CCN1CCCC1CNC(=O)c1cc([N+](=O)[O-])c(N(C)C)cc1OC.Cl. The summed E-state index contributed by atoms with van der Waals surface area (Å²) in [6, 6.07) is 3.13. The first-order valence-corrected chi connectivity index (χ1v) is 8.45. The first-order valence-electron chi connectivity index (χ1n) is 8.45. The second-order valence-corrected chi connectivity index (χ2v) is 6.33. The highest BCUT2D eigenvalue weighted by atomic mass is 35.5. The Bertz CT molecular complexity index is 654. The van der Waals surface area contributed by atoms with E-state index in [9.17, 15) is 14.9 Å². The predicted molar refractivity (Wildman–Crippen MR) is 104 cm³/mol. The van der Waals surface area contributed by atoms with Gasteiger partial charge in [0.1, 0.15) is 11.4 Å². The maximum absolute atomic E-state index is 12.6. The zero-order valence-electron chi connectivity index (χ0n) is 15.7. The Kier molecular flexibility index (Phi) is 8.10. The lowest BCUT2D eigenvalue weighted by Gasteiger charge is -2.23. The first-order chi connectivity index (χ1) is 11.9. The normalized spacial score (nSPS) is 16.7. The Morgan fingerprint density at radius 3 is 2.69 bits per heavy atom. The molecule has 1 saturated heterocycles. The number of methoxy groups -OCH3 is 1. The molecule has 0 bridgehead atoms. The van der Waals surface area contributed by atoms with Crippen LogP contribution in [-0.4, -0.2) is 62.6 Å². The van der Waals surface area contributed by atoms with E-state index in [4.69, 9.17) is 4.74 Å². The molecule has 0 saturated carbocycles. The molecule has 26 heavy (non-hydrogen) atoms. The number of nitro benzene ring substituents is 1. The van der Waals surface area contributed by atoms with Gasteiger partial charge in [-0.15, -0.1) is 12.4 Å². The third kappa shape index (κ3) is 4.76. The number of nitro groups is 1. The summed E-state index contributed by atoms with van der Waals surface area (Å²) in [5, 5.41) is 14.2. The fraction of sp³-hybridized carbons (Fsp3) is 0.588. The van der Waals surface area contributed by atoms with E-state index in [1.165, 1.54) is 19.2 Å². The van der Waals surface area contributed by atoms with Crippen molar-refractivity contribution in [2.45, 2.75) is 25.8 Å². The number of hydrogen-bond donors (Lipinski definition) is 1. The monoisotopic (exact) mass is 386 g/mol. The Hall–Kier alpha value is -2.06. The number of rotatable bonds is 7. The predicted octanol–water partition coefficient (Wildman–Crippen LogP) is 2.31. The number of hydrogen-bond acceptors (Lipinski definition) is 6. The Morgan fingerprint density at radius 2 is 2.15 bits per heavy atom. The van der Waals surface area contributed by atoms with Crippen LogP contribution in [0.3, 0.4) is 0 Å². The molecule has 1 unspecified atom stereocenters. The molecular formula is C17H27ClN4O4. The lowest BCUT2D eigenvalue weighted by molar-refractivity contribution is -0.384. The van der Waals surface area contributed by atoms with Gasteiger partial charge in [-0.25, -0.2) is 0 Å². The molecule has 0 aromatic heterocycles. The van der Waals surface area contributed by atoms with Crippen LogP contribution in [0.1, 0.15) is 30.1 Å². The number of nitrogens with one attached hydrogen (secondary N) is 1. The number of likely N-dealkylation sites (N-methyl/N-ethyl adjacent to an activating group) is 1. The van der Waals surface area contributed by atoms with Gasteiger partial charge in [-0.2, -0.15) is 0 Å². The summed E-state index contributed by atoms with van der Waals surface area (Å²) in [4.78, 5) is 27.4. The number of amides is 1. The molecule has 1 aliphatic heterocycles. The van der Waals surface area contributed by atoms with Gasteiger partial charge in [0.05, 0.1) is 17.6 Å². The molecule has 1 N–H and O–H groups in total. The molecule has 1 aliphatic rings. The van der Waals surface area contributed by atoms with E-state index in [2.05, 4.69) is 17.1 Å². The molecular weight excluding hydrogens is 360 g/mol. The van der Waals surface area contributed by atoms with Crippen LogP contribution in [0.5, 0.6) is 5.75 Å². The third-order valence-electron chi connectivity index (χ3n) is 4.62. The van der Waals surface area contributed by atoms with E-state index >= 15 is 0 Å². The van der Waals surface area contributed by atoms with Crippen LogP contribution in [0, 0.1) is 10.1 Å². The number of ether oxygens (including phenoxy) is 1. The van der Waals surface area contributed by atoms with Gasteiger partial charge in [-0.1, -0.05) is 6.92 Å². The Balaban J connectivity index is 0.00000338. The molecule has 1 amide bonds. The van der Waals surface area contributed by atoms with Gasteiger partial charge in [0.15, 0.2) is 0 Å². The molecule has 146 valence electrons. The van der Waals surface area contributed by atoms with E-state index in [1.807, 2.05) is 0 Å². The maximum Gasteiger partial charge on any atom is 0.293 e. The van der Waals surface area contributed by atoms with Gasteiger partial charge in [0.25, 0.3) is 11.6 Å². The highest BCUT2D eigenvalue weighted by molar-refractivity contribution is 5.98. The molecule has 1 heterocycles. The quantitative estimate of drug-likeness (QED) is 0.571. The number of likely N-dealkylation sites (tertiary alicyclic amines) is 1. The summed E-state index contributed by atoms with van der Waals surface area (Å²) < 4.78 is 5.29. The van der Waals surface area contributed by atoms with E-state index in [1.54, 1.807) is 19.0 Å². The summed E-state index contributed by atoms with van der Waals surface area (Å²) in [6.45, 7) is 4.63. The lowest BCUT2D eigenvalue weighted by atomic mass is 10.1. The van der Waals surface area contributed by atoms with Crippen molar-refractivity contribution in [3.63, 3.8) is 0 Å². The van der Waals surface area contributed by atoms with E-state index < -0.39 is 4.92 Å². The molecule has 1 aromatic carbocycles. The van der Waals surface area contributed by atoms with Crippen LogP contribution in [-0.2, 0) is 0 Å². The van der Waals surface area contributed by atoms with Crippen molar-refractivity contribution in [2.24, 2.45) is 0 Å². The van der Waals surface area contributed by atoms with Crippen molar-refractivity contribution in [1.29, 1.82) is 0 Å². The smallest absolute Gasteiger partial charge is 0.293 e. The topological polar surface area (TPSA) is 88.0 Å². The van der Waals surface area contributed by atoms with Gasteiger partial charge < -0.3 is 15.0 Å².